The highest BCUT2D eigenvalue weighted by Gasteiger charge is 2.22. The lowest BCUT2D eigenvalue weighted by Crippen LogP contribution is -2.22. The van der Waals surface area contributed by atoms with E-state index in [1.54, 1.807) is 0 Å². The van der Waals surface area contributed by atoms with Crippen molar-refractivity contribution in [2.45, 2.75) is 6.92 Å². The van der Waals surface area contributed by atoms with E-state index in [0.29, 0.717) is 11.8 Å². The average molecular weight is 159 g/mol. The number of hydrogen-bond acceptors (Lipinski definition) is 1. The molecule has 12 heavy (non-hydrogen) atoms. The second-order valence-electron chi connectivity index (χ2n) is 3.39. The lowest BCUT2D eigenvalue weighted by molar-refractivity contribution is 0.545. The van der Waals surface area contributed by atoms with Crippen LogP contribution in [0.2, 0.25) is 0 Å². The maximum Gasteiger partial charge on any atom is 0.0119 e. The van der Waals surface area contributed by atoms with Gasteiger partial charge in [-0.05, 0) is 11.6 Å². The molecule has 2 atom stereocenters. The van der Waals surface area contributed by atoms with Gasteiger partial charge in [-0.15, -0.1) is 0 Å². The fourth-order valence-electron chi connectivity index (χ4n) is 1.75. The third-order valence-corrected chi connectivity index (χ3v) is 2.64. The van der Waals surface area contributed by atoms with Crippen molar-refractivity contribution in [3.63, 3.8) is 0 Å². The Labute approximate surface area is 73.0 Å². The van der Waals surface area contributed by atoms with E-state index in [9.17, 15) is 0 Å². The van der Waals surface area contributed by atoms with Gasteiger partial charge in [0.2, 0.25) is 0 Å². The quantitative estimate of drug-likeness (QED) is 0.575. The van der Waals surface area contributed by atoms with Gasteiger partial charge in [-0.2, -0.15) is 0 Å². The molecule has 0 aromatic heterocycles. The minimum absolute atomic E-state index is 0.450. The lowest BCUT2D eigenvalue weighted by atomic mass is 9.79. The maximum atomic E-state index is 5.84. The number of rotatable bonds is 0. The molecule has 0 spiro atoms. The van der Waals surface area contributed by atoms with Crippen LogP contribution < -0.4 is 5.73 Å². The molecular formula is C11H13N. The van der Waals surface area contributed by atoms with Crippen LogP contribution in [0, 0.1) is 11.8 Å². The summed E-state index contributed by atoms with van der Waals surface area (Å²) in [4.78, 5) is 0. The summed E-state index contributed by atoms with van der Waals surface area (Å²) in [5, 5.41) is 0. The van der Waals surface area contributed by atoms with Crippen molar-refractivity contribution in [1.29, 1.82) is 0 Å². The van der Waals surface area contributed by atoms with Crippen LogP contribution in [0.1, 0.15) is 6.92 Å². The standard InChI is InChI=1S/C11H13N/c1-8-10-5-3-2-4-9(10)6-7-11(8)12/h2-8,10H,12H2,1H3. The largest absolute Gasteiger partial charge is 0.402 e. The zero-order chi connectivity index (χ0) is 8.55. The molecule has 2 N–H and O–H groups in total. The molecule has 0 saturated carbocycles. The molecule has 0 radical (unpaired) electrons. The summed E-state index contributed by atoms with van der Waals surface area (Å²) in [6.07, 6.45) is 12.7. The molecule has 2 unspecified atom stereocenters. The molecule has 1 heteroatoms. The van der Waals surface area contributed by atoms with E-state index in [1.165, 1.54) is 5.57 Å². The molecule has 2 rings (SSSR count). The van der Waals surface area contributed by atoms with E-state index >= 15 is 0 Å². The van der Waals surface area contributed by atoms with Crippen molar-refractivity contribution in [3.05, 3.63) is 47.7 Å². The fourth-order valence-corrected chi connectivity index (χ4v) is 1.75. The molecule has 0 heterocycles. The SMILES string of the molecule is CC1C(N)=CC=C2C=CC=CC21. The first kappa shape index (κ1) is 7.41. The Hall–Kier alpha value is -1.24. The summed E-state index contributed by atoms with van der Waals surface area (Å²) in [6, 6.07) is 0. The van der Waals surface area contributed by atoms with Crippen molar-refractivity contribution in [2.75, 3.05) is 0 Å². The highest BCUT2D eigenvalue weighted by Crippen LogP contribution is 2.32. The third-order valence-electron chi connectivity index (χ3n) is 2.64. The molecular weight excluding hydrogens is 146 g/mol. The number of allylic oxidation sites excluding steroid dienone is 8. The average Bonchev–Trinajstić information content (AvgIpc) is 2.12. The van der Waals surface area contributed by atoms with Gasteiger partial charge in [0.25, 0.3) is 0 Å². The number of nitrogens with two attached hydrogens (primary N) is 1. The number of fused-ring (bicyclic) bond motifs is 1. The topological polar surface area (TPSA) is 26.0 Å². The molecule has 0 aliphatic heterocycles. The Morgan fingerprint density at radius 1 is 1.25 bits per heavy atom. The van der Waals surface area contributed by atoms with Crippen LogP contribution >= 0.6 is 0 Å². The predicted molar refractivity (Wildman–Crippen MR) is 51.3 cm³/mol. The Balaban J connectivity index is 2.39. The van der Waals surface area contributed by atoms with Gasteiger partial charge in [-0.25, -0.2) is 0 Å². The molecule has 0 saturated heterocycles. The Bertz CT molecular complexity index is 305. The third kappa shape index (κ3) is 1.02. The molecule has 0 bridgehead atoms. The second-order valence-corrected chi connectivity index (χ2v) is 3.39. The minimum Gasteiger partial charge on any atom is -0.402 e. The molecule has 1 nitrogen and oxygen atoms in total. The van der Waals surface area contributed by atoms with E-state index in [0.717, 1.165) is 5.70 Å². The second kappa shape index (κ2) is 2.67. The van der Waals surface area contributed by atoms with Crippen molar-refractivity contribution in [2.24, 2.45) is 17.6 Å². The van der Waals surface area contributed by atoms with Gasteiger partial charge in [0, 0.05) is 17.5 Å². The summed E-state index contributed by atoms with van der Waals surface area (Å²) >= 11 is 0. The zero-order valence-electron chi connectivity index (χ0n) is 7.20. The molecule has 0 aromatic carbocycles. The van der Waals surface area contributed by atoms with Crippen molar-refractivity contribution < 1.29 is 0 Å². The van der Waals surface area contributed by atoms with Crippen LogP contribution in [-0.2, 0) is 0 Å². The maximum absolute atomic E-state index is 5.84. The fraction of sp³-hybridized carbons (Fsp3) is 0.273. The Kier molecular flexibility index (Phi) is 1.65. The van der Waals surface area contributed by atoms with Crippen LogP contribution in [0.25, 0.3) is 0 Å². The van der Waals surface area contributed by atoms with Gasteiger partial charge >= 0.3 is 0 Å². The van der Waals surface area contributed by atoms with Gasteiger partial charge in [0.15, 0.2) is 0 Å². The summed E-state index contributed by atoms with van der Waals surface area (Å²) < 4.78 is 0. The zero-order valence-corrected chi connectivity index (χ0v) is 7.20. The van der Waals surface area contributed by atoms with E-state index in [4.69, 9.17) is 5.73 Å². The van der Waals surface area contributed by atoms with E-state index in [1.807, 2.05) is 6.08 Å². The summed E-state index contributed by atoms with van der Waals surface area (Å²) in [6.45, 7) is 2.17. The van der Waals surface area contributed by atoms with Gasteiger partial charge in [0.05, 0.1) is 0 Å². The molecule has 0 fully saturated rings. The molecule has 2 aliphatic carbocycles. The van der Waals surface area contributed by atoms with Crippen molar-refractivity contribution in [3.8, 4) is 0 Å². The smallest absolute Gasteiger partial charge is 0.0119 e. The van der Waals surface area contributed by atoms with Crippen molar-refractivity contribution >= 4 is 0 Å². The monoisotopic (exact) mass is 159 g/mol. The molecule has 62 valence electrons. The molecule has 0 amide bonds. The van der Waals surface area contributed by atoms with Crippen LogP contribution in [0.5, 0.6) is 0 Å². The first-order chi connectivity index (χ1) is 5.79. The van der Waals surface area contributed by atoms with E-state index in [-0.39, 0.29) is 0 Å². The van der Waals surface area contributed by atoms with Crippen LogP contribution in [0.4, 0.5) is 0 Å². The van der Waals surface area contributed by atoms with Crippen molar-refractivity contribution in [1.82, 2.24) is 0 Å². The lowest BCUT2D eigenvalue weighted by Gasteiger charge is -2.27. The van der Waals surface area contributed by atoms with E-state index < -0.39 is 0 Å². The highest BCUT2D eigenvalue weighted by molar-refractivity contribution is 5.41. The van der Waals surface area contributed by atoms with E-state index in [2.05, 4.69) is 37.3 Å². The Morgan fingerprint density at radius 2 is 2.08 bits per heavy atom. The van der Waals surface area contributed by atoms with Crippen LogP contribution in [-0.4, -0.2) is 0 Å². The van der Waals surface area contributed by atoms with Gasteiger partial charge in [-0.3, -0.25) is 0 Å². The molecule has 2 aliphatic rings. The van der Waals surface area contributed by atoms with Gasteiger partial charge in [0.1, 0.15) is 0 Å². The molecule has 0 aromatic rings. The predicted octanol–water partition coefficient (Wildman–Crippen LogP) is 2.15. The Morgan fingerprint density at radius 3 is 2.92 bits per heavy atom. The number of hydrogen-bond donors (Lipinski definition) is 1. The van der Waals surface area contributed by atoms with Gasteiger partial charge < -0.3 is 5.73 Å². The summed E-state index contributed by atoms with van der Waals surface area (Å²) in [5.74, 6) is 0.950. The van der Waals surface area contributed by atoms with Gasteiger partial charge in [-0.1, -0.05) is 37.3 Å². The van der Waals surface area contributed by atoms with Crippen LogP contribution in [0.3, 0.4) is 0 Å². The highest BCUT2D eigenvalue weighted by atomic mass is 14.6. The summed E-state index contributed by atoms with van der Waals surface area (Å²) in [5.41, 5.74) is 8.21. The normalized spacial score (nSPS) is 32.4. The first-order valence-electron chi connectivity index (χ1n) is 4.31. The minimum atomic E-state index is 0.450. The summed E-state index contributed by atoms with van der Waals surface area (Å²) in [7, 11) is 0. The van der Waals surface area contributed by atoms with Crippen LogP contribution in [0.15, 0.2) is 47.7 Å². The first-order valence-corrected chi connectivity index (χ1v) is 4.31.